The number of hydrogen-bond donors (Lipinski definition) is 1. The lowest BCUT2D eigenvalue weighted by molar-refractivity contribution is 0.00323. The van der Waals surface area contributed by atoms with Gasteiger partial charge in [-0.2, -0.15) is 5.10 Å². The molecule has 36 heavy (non-hydrogen) atoms. The number of hydrogen-bond acceptors (Lipinski definition) is 7. The third-order valence-electron chi connectivity index (χ3n) is 5.64. The first kappa shape index (κ1) is 27.7. The summed E-state index contributed by atoms with van der Waals surface area (Å²) in [5, 5.41) is 15.5. The number of para-hydroxylation sites is 3. The van der Waals surface area contributed by atoms with Gasteiger partial charge in [0, 0.05) is 33.4 Å². The highest BCUT2D eigenvalue weighted by molar-refractivity contribution is 5.47. The van der Waals surface area contributed by atoms with Gasteiger partial charge in [0.15, 0.2) is 11.5 Å². The number of ether oxygens (including phenoxy) is 4. The molecule has 1 heterocycles. The second kappa shape index (κ2) is 14.0. The highest BCUT2D eigenvalue weighted by Gasteiger charge is 2.23. The second-order valence-corrected chi connectivity index (χ2v) is 9.18. The Morgan fingerprint density at radius 2 is 1.67 bits per heavy atom. The minimum Gasteiger partial charge on any atom is -0.493 e. The Bertz CT molecular complexity index is 1050. The van der Waals surface area contributed by atoms with E-state index in [1.807, 2.05) is 66.2 Å². The van der Waals surface area contributed by atoms with E-state index in [1.165, 1.54) is 0 Å². The van der Waals surface area contributed by atoms with Crippen LogP contribution in [0.2, 0.25) is 0 Å². The predicted molar refractivity (Wildman–Crippen MR) is 140 cm³/mol. The Hall–Kier alpha value is -2.91. The molecule has 0 amide bonds. The number of aliphatic hydroxyl groups is 1. The number of methoxy groups -OCH3 is 2. The summed E-state index contributed by atoms with van der Waals surface area (Å²) in [6.07, 6.45) is -0.622. The van der Waals surface area contributed by atoms with Gasteiger partial charge in [0.1, 0.15) is 0 Å². The fourth-order valence-electron chi connectivity index (χ4n) is 3.85. The van der Waals surface area contributed by atoms with Crippen LogP contribution in [-0.4, -0.2) is 73.0 Å². The van der Waals surface area contributed by atoms with Gasteiger partial charge in [-0.15, -0.1) is 0 Å². The van der Waals surface area contributed by atoms with Gasteiger partial charge >= 0.3 is 0 Å². The predicted octanol–water partition coefficient (Wildman–Crippen LogP) is 4.46. The average Bonchev–Trinajstić information content (AvgIpc) is 3.17. The highest BCUT2D eigenvalue weighted by atomic mass is 16.5. The van der Waals surface area contributed by atoms with Crippen molar-refractivity contribution < 1.29 is 24.1 Å². The smallest absolute Gasteiger partial charge is 0.227 e. The van der Waals surface area contributed by atoms with Crippen LogP contribution in [0.15, 0.2) is 54.6 Å². The molecule has 1 atom stereocenters. The summed E-state index contributed by atoms with van der Waals surface area (Å²) in [5.74, 6) is 2.26. The minimum atomic E-state index is -0.622. The van der Waals surface area contributed by atoms with E-state index < -0.39 is 6.10 Å². The van der Waals surface area contributed by atoms with Gasteiger partial charge in [0.25, 0.3) is 0 Å². The van der Waals surface area contributed by atoms with E-state index in [9.17, 15) is 5.11 Å². The average molecular weight is 498 g/mol. The molecule has 0 fully saturated rings. The molecule has 0 unspecified atom stereocenters. The molecule has 0 aliphatic carbocycles. The second-order valence-electron chi connectivity index (χ2n) is 9.18. The van der Waals surface area contributed by atoms with E-state index in [4.69, 9.17) is 24.0 Å². The fraction of sp³-hybridized carbons (Fsp3) is 0.464. The molecule has 8 nitrogen and oxygen atoms in total. The van der Waals surface area contributed by atoms with Gasteiger partial charge in [0.2, 0.25) is 5.88 Å². The number of aromatic nitrogens is 2. The molecule has 0 aliphatic rings. The summed E-state index contributed by atoms with van der Waals surface area (Å²) in [6.45, 7) is 9.20. The minimum absolute atomic E-state index is 0.286. The fourth-order valence-corrected chi connectivity index (χ4v) is 3.85. The van der Waals surface area contributed by atoms with Crippen molar-refractivity contribution in [1.29, 1.82) is 0 Å². The maximum Gasteiger partial charge on any atom is 0.227 e. The molecule has 1 aromatic heterocycles. The first-order valence-electron chi connectivity index (χ1n) is 12.3. The molecule has 0 saturated carbocycles. The number of nitrogens with zero attached hydrogens (tertiary/aromatic N) is 3. The maximum absolute atomic E-state index is 10.7. The lowest BCUT2D eigenvalue weighted by atomic mass is 10.2. The van der Waals surface area contributed by atoms with Gasteiger partial charge < -0.3 is 24.1 Å². The molecule has 3 rings (SSSR count). The van der Waals surface area contributed by atoms with Crippen molar-refractivity contribution in [3.05, 3.63) is 65.9 Å². The van der Waals surface area contributed by atoms with E-state index in [0.717, 1.165) is 16.9 Å². The molecule has 3 aromatic rings. The van der Waals surface area contributed by atoms with E-state index in [1.54, 1.807) is 14.2 Å². The molecule has 8 heteroatoms. The summed E-state index contributed by atoms with van der Waals surface area (Å²) in [6, 6.07) is 17.4. The number of aliphatic hydroxyl groups excluding tert-OH is 1. The first-order chi connectivity index (χ1) is 17.4. The molecule has 0 radical (unpaired) electrons. The molecule has 2 aromatic carbocycles. The molecule has 196 valence electrons. The molecule has 0 saturated heterocycles. The van der Waals surface area contributed by atoms with Gasteiger partial charge in [0.05, 0.1) is 43.4 Å². The van der Waals surface area contributed by atoms with Gasteiger partial charge in [-0.1, -0.05) is 44.2 Å². The number of rotatable bonds is 15. The zero-order valence-electron chi connectivity index (χ0n) is 22.0. The van der Waals surface area contributed by atoms with Crippen molar-refractivity contribution in [3.8, 4) is 23.1 Å². The van der Waals surface area contributed by atoms with Crippen molar-refractivity contribution in [2.45, 2.75) is 33.4 Å². The van der Waals surface area contributed by atoms with Crippen LogP contribution in [0.25, 0.3) is 5.69 Å². The van der Waals surface area contributed by atoms with Crippen molar-refractivity contribution in [1.82, 2.24) is 14.7 Å². The van der Waals surface area contributed by atoms with Gasteiger partial charge in [-0.25, -0.2) is 4.68 Å². The third-order valence-corrected chi connectivity index (χ3v) is 5.64. The Kier molecular flexibility index (Phi) is 10.8. The highest BCUT2D eigenvalue weighted by Crippen LogP contribution is 2.36. The Morgan fingerprint density at radius 1 is 0.972 bits per heavy atom. The maximum atomic E-state index is 10.7. The van der Waals surface area contributed by atoms with Crippen LogP contribution in [0.3, 0.4) is 0 Å². The molecule has 1 N–H and O–H groups in total. The Morgan fingerprint density at radius 3 is 2.33 bits per heavy atom. The molecular formula is C28H39N3O5. The van der Waals surface area contributed by atoms with Crippen LogP contribution in [0.1, 0.15) is 25.1 Å². The largest absolute Gasteiger partial charge is 0.493 e. The Labute approximate surface area is 214 Å². The summed E-state index contributed by atoms with van der Waals surface area (Å²) in [5.41, 5.74) is 2.66. The summed E-state index contributed by atoms with van der Waals surface area (Å²) >= 11 is 0. The van der Waals surface area contributed by atoms with E-state index in [-0.39, 0.29) is 6.61 Å². The monoisotopic (exact) mass is 497 g/mol. The van der Waals surface area contributed by atoms with Crippen LogP contribution in [-0.2, 0) is 16.0 Å². The van der Waals surface area contributed by atoms with Crippen LogP contribution >= 0.6 is 0 Å². The topological polar surface area (TPSA) is 78.2 Å². The number of benzene rings is 2. The van der Waals surface area contributed by atoms with Crippen molar-refractivity contribution in [2.75, 3.05) is 47.1 Å². The standard InChI is InChI=1S/C28H39N3O5/c1-21(2)19-35-20-24(32)17-30(15-16-33-4)18-25-22(3)29-31(23-11-7-6-8-12-23)28(25)36-27-14-10-9-13-26(27)34-5/h6-14,21,24,32H,15-20H2,1-5H3/t24-/m0/s1. The zero-order chi connectivity index (χ0) is 25.9. The zero-order valence-corrected chi connectivity index (χ0v) is 22.0. The normalized spacial score (nSPS) is 12.3. The number of aryl methyl sites for hydroxylation is 1. The van der Waals surface area contributed by atoms with E-state index in [0.29, 0.717) is 56.1 Å². The Balaban J connectivity index is 1.92. The SMILES string of the molecule is COCCN(Cc1c(C)nn(-c2ccccc2)c1Oc1ccccc1OC)C[C@H](O)COCC(C)C. The first-order valence-corrected chi connectivity index (χ1v) is 12.3. The van der Waals surface area contributed by atoms with Gasteiger partial charge in [-0.05, 0) is 37.1 Å². The third kappa shape index (κ3) is 7.80. The summed E-state index contributed by atoms with van der Waals surface area (Å²) in [7, 11) is 3.30. The lowest BCUT2D eigenvalue weighted by Crippen LogP contribution is -2.37. The van der Waals surface area contributed by atoms with E-state index >= 15 is 0 Å². The van der Waals surface area contributed by atoms with Crippen LogP contribution in [0.5, 0.6) is 17.4 Å². The van der Waals surface area contributed by atoms with Gasteiger partial charge in [-0.3, -0.25) is 4.90 Å². The van der Waals surface area contributed by atoms with Crippen LogP contribution < -0.4 is 9.47 Å². The quantitative estimate of drug-likeness (QED) is 0.332. The molecule has 0 bridgehead atoms. The summed E-state index contributed by atoms with van der Waals surface area (Å²) < 4.78 is 24.8. The molecule has 0 aliphatic heterocycles. The molecular weight excluding hydrogens is 458 g/mol. The van der Waals surface area contributed by atoms with Crippen molar-refractivity contribution in [3.63, 3.8) is 0 Å². The lowest BCUT2D eigenvalue weighted by Gasteiger charge is -2.25. The van der Waals surface area contributed by atoms with E-state index in [2.05, 4.69) is 18.7 Å². The molecule has 0 spiro atoms. The van der Waals surface area contributed by atoms with Crippen LogP contribution in [0.4, 0.5) is 0 Å². The van der Waals surface area contributed by atoms with Crippen molar-refractivity contribution in [2.24, 2.45) is 5.92 Å². The van der Waals surface area contributed by atoms with Crippen molar-refractivity contribution >= 4 is 0 Å². The van der Waals surface area contributed by atoms with Crippen LogP contribution in [0, 0.1) is 12.8 Å². The summed E-state index contributed by atoms with van der Waals surface area (Å²) in [4.78, 5) is 2.14.